The highest BCUT2D eigenvalue weighted by atomic mass is 32.1. The molecule has 0 fully saturated rings. The van der Waals surface area contributed by atoms with Gasteiger partial charge in [-0.25, -0.2) is 4.90 Å². The van der Waals surface area contributed by atoms with E-state index in [9.17, 15) is 14.4 Å². The van der Waals surface area contributed by atoms with Gasteiger partial charge in [-0.15, -0.1) is 0 Å². The van der Waals surface area contributed by atoms with E-state index in [-0.39, 0.29) is 29.8 Å². The van der Waals surface area contributed by atoms with Gasteiger partial charge in [-0.2, -0.15) is 0 Å². The number of benzene rings is 3. The van der Waals surface area contributed by atoms with Crippen LogP contribution in [0.15, 0.2) is 84.9 Å². The van der Waals surface area contributed by atoms with Crippen LogP contribution in [-0.2, 0) is 27.2 Å². The Morgan fingerprint density at radius 1 is 0.735 bits per heavy atom. The van der Waals surface area contributed by atoms with Crippen molar-refractivity contribution in [2.75, 3.05) is 10.6 Å². The lowest BCUT2D eigenvalue weighted by Gasteiger charge is -2.23. The first-order valence-corrected chi connectivity index (χ1v) is 11.4. The summed E-state index contributed by atoms with van der Waals surface area (Å²) in [7, 11) is 0. The Morgan fingerprint density at radius 3 is 1.68 bits per heavy atom. The van der Waals surface area contributed by atoms with Crippen LogP contribution in [0, 0.1) is 5.92 Å². The zero-order valence-corrected chi connectivity index (χ0v) is 20.0. The van der Waals surface area contributed by atoms with Gasteiger partial charge in [0, 0.05) is 17.3 Å². The minimum Gasteiger partial charge on any atom is -0.332 e. The van der Waals surface area contributed by atoms with Crippen LogP contribution in [0.3, 0.4) is 0 Å². The molecular formula is C27H27N3O3S. The largest absolute Gasteiger partial charge is 0.332 e. The Labute approximate surface area is 205 Å². The number of rotatable bonds is 7. The lowest BCUT2D eigenvalue weighted by molar-refractivity contribution is -0.138. The molecule has 6 nitrogen and oxygen atoms in total. The summed E-state index contributed by atoms with van der Waals surface area (Å²) in [6.45, 7) is 3.61. The maximum absolute atomic E-state index is 13.2. The number of nitrogens with one attached hydrogen (secondary N) is 2. The lowest BCUT2D eigenvalue weighted by atomic mass is 10.1. The summed E-state index contributed by atoms with van der Waals surface area (Å²) in [5.74, 6) is -1.13. The number of carbonyl (C=O) groups is 3. The molecule has 3 aromatic carbocycles. The minimum absolute atomic E-state index is 0.0193. The number of imide groups is 1. The van der Waals surface area contributed by atoms with E-state index in [0.29, 0.717) is 11.4 Å². The van der Waals surface area contributed by atoms with Gasteiger partial charge in [0.1, 0.15) is 0 Å². The zero-order valence-electron chi connectivity index (χ0n) is 19.2. The summed E-state index contributed by atoms with van der Waals surface area (Å²) in [5.41, 5.74) is 2.71. The fourth-order valence-electron chi connectivity index (χ4n) is 3.21. The van der Waals surface area contributed by atoms with E-state index >= 15 is 0 Å². The number of nitrogens with zero attached hydrogens (tertiary/aromatic N) is 1. The average molecular weight is 474 g/mol. The van der Waals surface area contributed by atoms with Gasteiger partial charge in [-0.1, -0.05) is 80.6 Å². The average Bonchev–Trinajstić information content (AvgIpc) is 2.80. The number of hydrogen-bond donors (Lipinski definition) is 2. The highest BCUT2D eigenvalue weighted by molar-refractivity contribution is 7.80. The number of thiocarbonyl (C=S) groups is 1. The molecule has 0 heterocycles. The molecule has 0 saturated heterocycles. The van der Waals surface area contributed by atoms with Crippen LogP contribution in [-0.4, -0.2) is 27.7 Å². The van der Waals surface area contributed by atoms with Gasteiger partial charge < -0.3 is 10.6 Å². The molecule has 0 aromatic heterocycles. The van der Waals surface area contributed by atoms with Crippen molar-refractivity contribution in [1.82, 2.24) is 4.90 Å². The van der Waals surface area contributed by atoms with Crippen LogP contribution in [0.25, 0.3) is 0 Å². The second kappa shape index (κ2) is 11.9. The smallest absolute Gasteiger partial charge is 0.240 e. The van der Waals surface area contributed by atoms with E-state index in [2.05, 4.69) is 10.6 Å². The van der Waals surface area contributed by atoms with Crippen LogP contribution in [0.1, 0.15) is 25.0 Å². The van der Waals surface area contributed by atoms with E-state index in [1.165, 1.54) is 0 Å². The van der Waals surface area contributed by atoms with E-state index in [1.807, 2.05) is 60.7 Å². The maximum Gasteiger partial charge on any atom is 0.240 e. The van der Waals surface area contributed by atoms with Gasteiger partial charge in [-0.3, -0.25) is 14.4 Å². The Bertz CT molecular complexity index is 1110. The van der Waals surface area contributed by atoms with Gasteiger partial charge >= 0.3 is 0 Å². The Hall–Kier alpha value is -3.84. The third-order valence-corrected chi connectivity index (χ3v) is 5.29. The summed E-state index contributed by atoms with van der Waals surface area (Å²) in [5, 5.41) is 5.79. The van der Waals surface area contributed by atoms with Crippen molar-refractivity contribution in [2.45, 2.75) is 26.7 Å². The molecule has 0 unspecified atom stereocenters. The van der Waals surface area contributed by atoms with Crippen molar-refractivity contribution >= 4 is 46.4 Å². The number of amides is 3. The summed E-state index contributed by atoms with van der Waals surface area (Å²) < 4.78 is 0. The molecule has 0 bridgehead atoms. The molecule has 34 heavy (non-hydrogen) atoms. The predicted octanol–water partition coefficient (Wildman–Crippen LogP) is 4.82. The monoisotopic (exact) mass is 473 g/mol. The molecule has 7 heteroatoms. The Kier molecular flexibility index (Phi) is 8.65. The molecule has 0 spiro atoms. The van der Waals surface area contributed by atoms with Crippen molar-refractivity contribution < 1.29 is 14.4 Å². The van der Waals surface area contributed by atoms with Crippen LogP contribution in [0.5, 0.6) is 0 Å². The van der Waals surface area contributed by atoms with Crippen molar-refractivity contribution in [1.29, 1.82) is 0 Å². The molecule has 3 amide bonds. The van der Waals surface area contributed by atoms with Gasteiger partial charge in [0.2, 0.25) is 17.7 Å². The lowest BCUT2D eigenvalue weighted by Crippen LogP contribution is -2.45. The number of carbonyl (C=O) groups excluding carboxylic acids is 3. The zero-order chi connectivity index (χ0) is 24.5. The minimum atomic E-state index is -0.422. The quantitative estimate of drug-likeness (QED) is 0.481. The highest BCUT2D eigenvalue weighted by Crippen LogP contribution is 2.17. The normalized spacial score (nSPS) is 10.4. The fourth-order valence-corrected chi connectivity index (χ4v) is 3.53. The Balaban J connectivity index is 1.80. The molecule has 3 rings (SSSR count). The van der Waals surface area contributed by atoms with E-state index in [1.54, 1.807) is 38.1 Å². The first kappa shape index (κ1) is 24.8. The third-order valence-electron chi connectivity index (χ3n) is 5.00. The summed E-state index contributed by atoms with van der Waals surface area (Å²) >= 11 is 5.50. The molecule has 0 aliphatic carbocycles. The number of hydrogen-bond acceptors (Lipinski definition) is 4. The fraction of sp³-hybridized carbons (Fsp3) is 0.185. The molecule has 0 saturated carbocycles. The van der Waals surface area contributed by atoms with Gasteiger partial charge in [0.05, 0.1) is 12.8 Å². The summed E-state index contributed by atoms with van der Waals surface area (Å²) in [4.78, 5) is 39.4. The van der Waals surface area contributed by atoms with Crippen molar-refractivity contribution in [3.8, 4) is 0 Å². The highest BCUT2D eigenvalue weighted by Gasteiger charge is 2.26. The molecule has 3 aromatic rings. The van der Waals surface area contributed by atoms with Gasteiger partial charge in [0.15, 0.2) is 5.11 Å². The maximum atomic E-state index is 13.2. The Morgan fingerprint density at radius 2 is 1.21 bits per heavy atom. The summed E-state index contributed by atoms with van der Waals surface area (Å²) in [6.07, 6.45) is 0.0708. The molecule has 2 N–H and O–H groups in total. The van der Waals surface area contributed by atoms with E-state index < -0.39 is 11.8 Å². The third kappa shape index (κ3) is 7.08. The van der Waals surface area contributed by atoms with Gasteiger partial charge in [-0.05, 0) is 41.5 Å². The summed E-state index contributed by atoms with van der Waals surface area (Å²) in [6, 6.07) is 25.4. The van der Waals surface area contributed by atoms with Crippen LogP contribution in [0.2, 0.25) is 0 Å². The molecule has 0 radical (unpaired) electrons. The molecular weight excluding hydrogens is 446 g/mol. The van der Waals surface area contributed by atoms with Crippen molar-refractivity contribution in [3.63, 3.8) is 0 Å². The van der Waals surface area contributed by atoms with Crippen LogP contribution < -0.4 is 10.6 Å². The van der Waals surface area contributed by atoms with E-state index in [0.717, 1.165) is 16.0 Å². The SMILES string of the molecule is CC(C)C(=O)Nc1cccc(NC(=S)N(C(=O)Cc2ccccc2)C(=O)Cc2ccccc2)c1. The standard InChI is InChI=1S/C27H27N3O3S/c1-19(2)26(33)28-22-14-9-15-23(18-22)29-27(34)30(24(31)16-20-10-5-3-6-11-20)25(32)17-21-12-7-4-8-13-21/h3-15,18-19H,16-17H2,1-2H3,(H,28,33)(H,29,34). The second-order valence-corrected chi connectivity index (χ2v) is 8.49. The van der Waals surface area contributed by atoms with Crippen molar-refractivity contribution in [3.05, 3.63) is 96.1 Å². The first-order valence-electron chi connectivity index (χ1n) is 11.0. The first-order chi connectivity index (χ1) is 16.3. The van der Waals surface area contributed by atoms with Crippen LogP contribution >= 0.6 is 12.2 Å². The molecule has 174 valence electrons. The topological polar surface area (TPSA) is 78.5 Å². The van der Waals surface area contributed by atoms with Crippen molar-refractivity contribution in [2.24, 2.45) is 5.92 Å². The predicted molar refractivity (Wildman–Crippen MR) is 138 cm³/mol. The second-order valence-electron chi connectivity index (χ2n) is 8.10. The van der Waals surface area contributed by atoms with Gasteiger partial charge in [0.25, 0.3) is 0 Å². The molecule has 0 aliphatic heterocycles. The number of anilines is 2. The van der Waals surface area contributed by atoms with Crippen LogP contribution in [0.4, 0.5) is 11.4 Å². The van der Waals surface area contributed by atoms with E-state index in [4.69, 9.17) is 12.2 Å². The molecule has 0 aliphatic rings. The molecule has 0 atom stereocenters.